The van der Waals surface area contributed by atoms with Crippen molar-refractivity contribution < 1.29 is 37.4 Å². The summed E-state index contributed by atoms with van der Waals surface area (Å²) in [6.07, 6.45) is -3.13. The Morgan fingerprint density at radius 1 is 0.952 bits per heavy atom. The van der Waals surface area contributed by atoms with Crippen molar-refractivity contribution in [3.8, 4) is 5.75 Å². The van der Waals surface area contributed by atoms with Crippen LogP contribution in [0.2, 0.25) is 0 Å². The first-order chi connectivity index (χ1) is 19.8. The van der Waals surface area contributed by atoms with E-state index in [0.29, 0.717) is 38.0 Å². The van der Waals surface area contributed by atoms with Crippen LogP contribution >= 0.6 is 0 Å². The number of carbonyl (C=O) groups is 3. The molecule has 0 saturated carbocycles. The molecule has 0 unspecified atom stereocenters. The van der Waals surface area contributed by atoms with Crippen molar-refractivity contribution in [3.05, 3.63) is 78.4 Å². The maximum atomic E-state index is 13.2. The van der Waals surface area contributed by atoms with Gasteiger partial charge in [0.2, 0.25) is 5.91 Å². The zero-order chi connectivity index (χ0) is 31.3. The number of nitrogens with two attached hydrogens (primary N) is 3. The first-order valence-electron chi connectivity index (χ1n) is 12.9. The predicted molar refractivity (Wildman–Crippen MR) is 152 cm³/mol. The van der Waals surface area contributed by atoms with Crippen LogP contribution in [0.1, 0.15) is 24.8 Å². The second-order valence-corrected chi connectivity index (χ2v) is 9.28. The molecule has 0 heterocycles. The molecule has 0 aliphatic rings. The Kier molecular flexibility index (Phi) is 12.8. The van der Waals surface area contributed by atoms with Gasteiger partial charge in [0, 0.05) is 13.6 Å². The number of guanidine groups is 1. The van der Waals surface area contributed by atoms with Crippen molar-refractivity contribution >= 4 is 34.6 Å². The van der Waals surface area contributed by atoms with Gasteiger partial charge in [-0.05, 0) is 54.2 Å². The topological polar surface area (TPSA) is 174 Å². The molecule has 0 saturated heterocycles. The standard InChI is InChI=1S/C27H33N5O3.C2HF3O2/c1-32(25(33)23(28)16-13-19-8-3-2-4-9-19)24(12-7-17-31-27(29)30)26(34)35-22-15-14-20-10-5-6-11-21(20)18-22;3-2(4,5)1(6)7/h2-6,8-11,14-15,18,23-24H,7,12-13,16-17,28H2,1H3,(H4,29,30,31);(H,6,7)/t23-,24-;/m0./s1. The lowest BCUT2D eigenvalue weighted by atomic mass is 10.0. The van der Waals surface area contributed by atoms with E-state index in [1.165, 1.54) is 4.90 Å². The molecule has 0 fully saturated rings. The van der Waals surface area contributed by atoms with Crippen LogP contribution in [0, 0.1) is 0 Å². The Morgan fingerprint density at radius 3 is 2.14 bits per heavy atom. The Balaban J connectivity index is 0.000000782. The van der Waals surface area contributed by atoms with Gasteiger partial charge in [0.15, 0.2) is 5.96 Å². The lowest BCUT2D eigenvalue weighted by Crippen LogP contribution is -2.50. The summed E-state index contributed by atoms with van der Waals surface area (Å²) in [7, 11) is 1.58. The number of esters is 1. The summed E-state index contributed by atoms with van der Waals surface area (Å²) in [4.78, 5) is 40.5. The van der Waals surface area contributed by atoms with E-state index < -0.39 is 30.2 Å². The molecule has 2 atom stereocenters. The van der Waals surface area contributed by atoms with Gasteiger partial charge in [-0.1, -0.05) is 60.7 Å². The van der Waals surface area contributed by atoms with Gasteiger partial charge in [-0.3, -0.25) is 9.79 Å². The average molecular weight is 590 g/mol. The molecule has 0 spiro atoms. The Labute approximate surface area is 240 Å². The van der Waals surface area contributed by atoms with Crippen LogP contribution < -0.4 is 21.9 Å². The fraction of sp³-hybridized carbons (Fsp3) is 0.310. The molecule has 10 nitrogen and oxygen atoms in total. The zero-order valence-corrected chi connectivity index (χ0v) is 23.0. The van der Waals surface area contributed by atoms with E-state index in [0.717, 1.165) is 16.3 Å². The number of alkyl halides is 3. The van der Waals surface area contributed by atoms with Crippen molar-refractivity contribution in [2.75, 3.05) is 13.6 Å². The second kappa shape index (κ2) is 16.0. The molecule has 0 aliphatic carbocycles. The number of hydrogen-bond acceptors (Lipinski definition) is 6. The van der Waals surface area contributed by atoms with E-state index in [4.69, 9.17) is 31.8 Å². The molecule has 226 valence electrons. The highest BCUT2D eigenvalue weighted by Crippen LogP contribution is 2.22. The van der Waals surface area contributed by atoms with Crippen LogP contribution in [0.3, 0.4) is 0 Å². The van der Waals surface area contributed by atoms with Crippen LogP contribution in [-0.4, -0.2) is 65.7 Å². The number of likely N-dealkylation sites (N-methyl/N-ethyl adjacent to an activating group) is 1. The number of carbonyl (C=O) groups excluding carboxylic acids is 2. The number of carboxylic acids is 1. The van der Waals surface area contributed by atoms with E-state index in [2.05, 4.69) is 4.99 Å². The van der Waals surface area contributed by atoms with E-state index in [9.17, 15) is 22.8 Å². The van der Waals surface area contributed by atoms with Crippen molar-refractivity contribution in [1.29, 1.82) is 0 Å². The highest BCUT2D eigenvalue weighted by Gasteiger charge is 2.38. The number of benzene rings is 3. The third-order valence-electron chi connectivity index (χ3n) is 6.10. The summed E-state index contributed by atoms with van der Waals surface area (Å²) in [5.74, 6) is -3.21. The summed E-state index contributed by atoms with van der Waals surface area (Å²) in [5, 5.41) is 9.12. The summed E-state index contributed by atoms with van der Waals surface area (Å²) in [6.45, 7) is 0.337. The maximum Gasteiger partial charge on any atom is 0.490 e. The largest absolute Gasteiger partial charge is 0.490 e. The third-order valence-corrected chi connectivity index (χ3v) is 6.10. The van der Waals surface area contributed by atoms with E-state index in [1.807, 2.05) is 60.7 Å². The minimum absolute atomic E-state index is 0.0207. The lowest BCUT2D eigenvalue weighted by Gasteiger charge is -2.29. The first kappa shape index (κ1) is 33.6. The average Bonchev–Trinajstić information content (AvgIpc) is 2.95. The Hall–Kier alpha value is -4.65. The molecule has 0 bridgehead atoms. The Bertz CT molecular complexity index is 1360. The van der Waals surface area contributed by atoms with Gasteiger partial charge >= 0.3 is 18.1 Å². The second-order valence-electron chi connectivity index (χ2n) is 9.28. The van der Waals surface area contributed by atoms with Crippen LogP contribution in [0.25, 0.3) is 10.8 Å². The quantitative estimate of drug-likeness (QED) is 0.0867. The number of rotatable bonds is 11. The molecule has 3 aromatic rings. The number of halogens is 3. The molecule has 0 aromatic heterocycles. The van der Waals surface area contributed by atoms with Crippen molar-refractivity contribution in [3.63, 3.8) is 0 Å². The first-order valence-corrected chi connectivity index (χ1v) is 12.9. The molecule has 0 aliphatic heterocycles. The van der Waals surface area contributed by atoms with Gasteiger partial charge < -0.3 is 31.9 Å². The molecule has 42 heavy (non-hydrogen) atoms. The molecule has 3 aromatic carbocycles. The number of carboxylic acid groups (broad SMARTS) is 1. The monoisotopic (exact) mass is 589 g/mol. The number of aliphatic imine (C=N–C) groups is 1. The van der Waals surface area contributed by atoms with Crippen LogP contribution in [0.15, 0.2) is 77.8 Å². The van der Waals surface area contributed by atoms with Gasteiger partial charge in [0.05, 0.1) is 6.04 Å². The smallest absolute Gasteiger partial charge is 0.475 e. The van der Waals surface area contributed by atoms with Crippen LogP contribution in [0.5, 0.6) is 5.75 Å². The number of aryl methyl sites for hydroxylation is 1. The highest BCUT2D eigenvalue weighted by atomic mass is 19.4. The van der Waals surface area contributed by atoms with Gasteiger partial charge in [-0.15, -0.1) is 0 Å². The number of ether oxygens (including phenoxy) is 1. The molecule has 1 amide bonds. The number of aliphatic carboxylic acids is 1. The van der Waals surface area contributed by atoms with Gasteiger partial charge in [0.1, 0.15) is 11.8 Å². The fourth-order valence-electron chi connectivity index (χ4n) is 3.88. The predicted octanol–water partition coefficient (Wildman–Crippen LogP) is 3.22. The summed E-state index contributed by atoms with van der Waals surface area (Å²) < 4.78 is 37.4. The third kappa shape index (κ3) is 11.1. The Morgan fingerprint density at radius 2 is 1.55 bits per heavy atom. The minimum atomic E-state index is -5.08. The molecular weight excluding hydrogens is 555 g/mol. The molecule has 3 rings (SSSR count). The van der Waals surface area contributed by atoms with Crippen LogP contribution in [-0.2, 0) is 20.8 Å². The van der Waals surface area contributed by atoms with E-state index in [-0.39, 0.29) is 11.9 Å². The number of hydrogen-bond donors (Lipinski definition) is 4. The van der Waals surface area contributed by atoms with E-state index in [1.54, 1.807) is 19.2 Å². The molecular formula is C29H34F3N5O5. The maximum absolute atomic E-state index is 13.2. The lowest BCUT2D eigenvalue weighted by molar-refractivity contribution is -0.192. The minimum Gasteiger partial charge on any atom is -0.475 e. The molecule has 13 heteroatoms. The summed E-state index contributed by atoms with van der Waals surface area (Å²) in [6, 6.07) is 21.5. The van der Waals surface area contributed by atoms with Gasteiger partial charge in [-0.2, -0.15) is 13.2 Å². The number of fused-ring (bicyclic) bond motifs is 1. The SMILES string of the molecule is CN(C(=O)[C@@H](N)CCc1ccccc1)[C@@H](CCCN=C(N)N)C(=O)Oc1ccc2ccccc2c1.O=C(O)C(F)(F)F. The van der Waals surface area contributed by atoms with Crippen molar-refractivity contribution in [2.45, 2.75) is 43.9 Å². The van der Waals surface area contributed by atoms with Crippen LogP contribution in [0.4, 0.5) is 13.2 Å². The summed E-state index contributed by atoms with van der Waals surface area (Å²) >= 11 is 0. The van der Waals surface area contributed by atoms with Crippen molar-refractivity contribution in [2.24, 2.45) is 22.2 Å². The number of nitrogens with zero attached hydrogens (tertiary/aromatic N) is 2. The molecule has 0 radical (unpaired) electrons. The summed E-state index contributed by atoms with van der Waals surface area (Å²) in [5.41, 5.74) is 18.1. The zero-order valence-electron chi connectivity index (χ0n) is 23.0. The molecule has 7 N–H and O–H groups in total. The van der Waals surface area contributed by atoms with Gasteiger partial charge in [0.25, 0.3) is 0 Å². The normalized spacial score (nSPS) is 12.3. The number of amides is 1. The fourth-order valence-corrected chi connectivity index (χ4v) is 3.88. The van der Waals surface area contributed by atoms with Gasteiger partial charge in [-0.25, -0.2) is 9.59 Å². The highest BCUT2D eigenvalue weighted by molar-refractivity contribution is 5.89. The van der Waals surface area contributed by atoms with E-state index >= 15 is 0 Å². The van der Waals surface area contributed by atoms with Crippen molar-refractivity contribution in [1.82, 2.24) is 4.90 Å².